The molecule has 0 radical (unpaired) electrons. The quantitative estimate of drug-likeness (QED) is 0.749. The van der Waals surface area contributed by atoms with E-state index < -0.39 is 9.84 Å². The second-order valence-corrected chi connectivity index (χ2v) is 5.85. The lowest BCUT2D eigenvalue weighted by Gasteiger charge is -2.03. The van der Waals surface area contributed by atoms with Gasteiger partial charge in [-0.2, -0.15) is 0 Å². The molecule has 0 aliphatic carbocycles. The van der Waals surface area contributed by atoms with E-state index in [1.165, 1.54) is 0 Å². The highest BCUT2D eigenvalue weighted by molar-refractivity contribution is 7.91. The number of aryl methyl sites for hydroxylation is 1. The number of hydrogen-bond donors (Lipinski definition) is 0. The molecule has 0 N–H and O–H groups in total. The lowest BCUT2D eigenvalue weighted by molar-refractivity contribution is 0.595. The maximum Gasteiger partial charge on any atom is 0.178 e. The Bertz CT molecular complexity index is 395. The fourth-order valence-electron chi connectivity index (χ4n) is 1.29. The van der Waals surface area contributed by atoms with E-state index in [4.69, 9.17) is 11.6 Å². The molecule has 1 aromatic rings. The molecule has 1 rings (SSSR count). The van der Waals surface area contributed by atoms with Crippen LogP contribution in [0, 0.1) is 0 Å². The van der Waals surface area contributed by atoms with Crippen LogP contribution < -0.4 is 0 Å². The van der Waals surface area contributed by atoms with Gasteiger partial charge in [-0.25, -0.2) is 8.42 Å². The van der Waals surface area contributed by atoms with Gasteiger partial charge in [0, 0.05) is 5.88 Å². The Hall–Kier alpha value is -0.540. The van der Waals surface area contributed by atoms with Gasteiger partial charge in [0.1, 0.15) is 0 Å². The molecule has 1 aromatic carbocycles. The van der Waals surface area contributed by atoms with Crippen LogP contribution in [0.25, 0.3) is 0 Å². The Morgan fingerprint density at radius 3 is 2.27 bits per heavy atom. The predicted octanol–water partition coefficient (Wildman–Crippen LogP) is 2.65. The van der Waals surface area contributed by atoms with Crippen molar-refractivity contribution in [2.24, 2.45) is 0 Å². The topological polar surface area (TPSA) is 34.1 Å². The highest BCUT2D eigenvalue weighted by Crippen LogP contribution is 2.13. The second kappa shape index (κ2) is 5.52. The Kier molecular flexibility index (Phi) is 4.61. The van der Waals surface area contributed by atoms with Crippen LogP contribution in [0.5, 0.6) is 0 Å². The van der Waals surface area contributed by atoms with Gasteiger partial charge in [-0.1, -0.05) is 19.1 Å². The monoisotopic (exact) mass is 246 g/mol. The summed E-state index contributed by atoms with van der Waals surface area (Å²) in [5.74, 6) is 0.508. The van der Waals surface area contributed by atoms with E-state index in [0.29, 0.717) is 17.2 Å². The predicted molar refractivity (Wildman–Crippen MR) is 63.2 cm³/mol. The summed E-state index contributed by atoms with van der Waals surface area (Å²) in [6, 6.07) is 7.05. The summed E-state index contributed by atoms with van der Waals surface area (Å²) in [6.45, 7) is 2.04. The summed E-state index contributed by atoms with van der Waals surface area (Å²) in [5, 5.41) is 0. The summed E-state index contributed by atoms with van der Waals surface area (Å²) in [4.78, 5) is 0.393. The first-order chi connectivity index (χ1) is 7.10. The van der Waals surface area contributed by atoms with Crippen molar-refractivity contribution in [1.82, 2.24) is 0 Å². The number of halogens is 1. The minimum Gasteiger partial charge on any atom is -0.224 e. The molecule has 0 unspecified atom stereocenters. The Morgan fingerprint density at radius 1 is 1.20 bits per heavy atom. The van der Waals surface area contributed by atoms with Crippen LogP contribution in [-0.2, 0) is 16.3 Å². The van der Waals surface area contributed by atoms with Crippen molar-refractivity contribution in [3.8, 4) is 0 Å². The average molecular weight is 247 g/mol. The van der Waals surface area contributed by atoms with E-state index in [-0.39, 0.29) is 5.75 Å². The summed E-state index contributed by atoms with van der Waals surface area (Å²) in [5.41, 5.74) is 1.14. The number of hydrogen-bond acceptors (Lipinski definition) is 2. The van der Waals surface area contributed by atoms with Crippen LogP contribution in [0.2, 0.25) is 0 Å². The van der Waals surface area contributed by atoms with Crippen molar-refractivity contribution < 1.29 is 8.42 Å². The van der Waals surface area contributed by atoms with E-state index in [0.717, 1.165) is 12.0 Å². The maximum absolute atomic E-state index is 11.7. The van der Waals surface area contributed by atoms with E-state index in [1.54, 1.807) is 12.1 Å². The Labute approximate surface area is 96.2 Å². The molecule has 4 heteroatoms. The third kappa shape index (κ3) is 3.50. The van der Waals surface area contributed by atoms with Crippen LogP contribution >= 0.6 is 11.6 Å². The minimum absolute atomic E-state index is 0.127. The zero-order valence-corrected chi connectivity index (χ0v) is 10.3. The first kappa shape index (κ1) is 12.5. The fourth-order valence-corrected chi connectivity index (χ4v) is 2.90. The first-order valence-electron chi connectivity index (χ1n) is 4.98. The van der Waals surface area contributed by atoms with Crippen LogP contribution in [-0.4, -0.2) is 20.1 Å². The van der Waals surface area contributed by atoms with Crippen LogP contribution in [0.1, 0.15) is 18.9 Å². The van der Waals surface area contributed by atoms with E-state index in [1.807, 2.05) is 19.1 Å². The molecule has 84 valence electrons. The Morgan fingerprint density at radius 2 is 1.80 bits per heavy atom. The molecule has 0 aliphatic rings. The van der Waals surface area contributed by atoms with Gasteiger partial charge >= 0.3 is 0 Å². The summed E-state index contributed by atoms with van der Waals surface area (Å²) in [6.07, 6.45) is 1.42. The van der Waals surface area contributed by atoms with Crippen LogP contribution in [0.15, 0.2) is 29.2 Å². The fraction of sp³-hybridized carbons (Fsp3) is 0.455. The molecule has 15 heavy (non-hydrogen) atoms. The summed E-state index contributed by atoms with van der Waals surface area (Å²) >= 11 is 5.48. The molecule has 0 fully saturated rings. The first-order valence-corrected chi connectivity index (χ1v) is 7.16. The van der Waals surface area contributed by atoms with Crippen LogP contribution in [0.3, 0.4) is 0 Å². The lowest BCUT2D eigenvalue weighted by atomic mass is 10.2. The molecule has 0 bridgehead atoms. The zero-order valence-electron chi connectivity index (χ0n) is 8.74. The number of benzene rings is 1. The average Bonchev–Trinajstić information content (AvgIpc) is 2.26. The van der Waals surface area contributed by atoms with Crippen LogP contribution in [0.4, 0.5) is 0 Å². The molecular formula is C11H15ClO2S. The van der Waals surface area contributed by atoms with Gasteiger partial charge < -0.3 is 0 Å². The molecule has 0 amide bonds. The number of alkyl halides is 1. The molecule has 2 nitrogen and oxygen atoms in total. The zero-order chi connectivity index (χ0) is 11.3. The SMILES string of the molecule is CCc1ccc(S(=O)(=O)CCCCl)cc1. The lowest BCUT2D eigenvalue weighted by Crippen LogP contribution is -2.07. The molecule has 0 saturated heterocycles. The van der Waals surface area contributed by atoms with Crippen molar-refractivity contribution >= 4 is 21.4 Å². The van der Waals surface area contributed by atoms with Gasteiger partial charge in [-0.05, 0) is 30.5 Å². The van der Waals surface area contributed by atoms with Gasteiger partial charge in [-0.3, -0.25) is 0 Å². The molecule has 0 heterocycles. The molecule has 0 aromatic heterocycles. The Balaban J connectivity index is 2.86. The van der Waals surface area contributed by atoms with Crippen molar-refractivity contribution in [2.75, 3.05) is 11.6 Å². The van der Waals surface area contributed by atoms with Gasteiger partial charge in [0.2, 0.25) is 0 Å². The van der Waals surface area contributed by atoms with E-state index in [9.17, 15) is 8.42 Å². The molecular weight excluding hydrogens is 232 g/mol. The van der Waals surface area contributed by atoms with Gasteiger partial charge in [-0.15, -0.1) is 11.6 Å². The maximum atomic E-state index is 11.7. The standard InChI is InChI=1S/C11H15ClO2S/c1-2-10-4-6-11(7-5-10)15(13,14)9-3-8-12/h4-7H,2-3,8-9H2,1H3. The smallest absolute Gasteiger partial charge is 0.178 e. The molecule has 0 aliphatic heterocycles. The minimum atomic E-state index is -3.13. The summed E-state index contributed by atoms with van der Waals surface area (Å²) in [7, 11) is -3.13. The molecule has 0 saturated carbocycles. The summed E-state index contributed by atoms with van der Waals surface area (Å²) < 4.78 is 23.5. The third-order valence-electron chi connectivity index (χ3n) is 2.24. The molecule has 0 atom stereocenters. The normalized spacial score (nSPS) is 11.6. The van der Waals surface area contributed by atoms with Gasteiger partial charge in [0.15, 0.2) is 9.84 Å². The van der Waals surface area contributed by atoms with Crippen molar-refractivity contribution in [1.29, 1.82) is 0 Å². The largest absolute Gasteiger partial charge is 0.224 e. The van der Waals surface area contributed by atoms with Gasteiger partial charge in [0.05, 0.1) is 10.6 Å². The van der Waals surface area contributed by atoms with Crippen molar-refractivity contribution in [3.05, 3.63) is 29.8 Å². The number of rotatable bonds is 5. The second-order valence-electron chi connectivity index (χ2n) is 3.36. The highest BCUT2D eigenvalue weighted by Gasteiger charge is 2.12. The van der Waals surface area contributed by atoms with E-state index in [2.05, 4.69) is 0 Å². The van der Waals surface area contributed by atoms with Crippen molar-refractivity contribution in [2.45, 2.75) is 24.7 Å². The number of sulfone groups is 1. The van der Waals surface area contributed by atoms with Crippen molar-refractivity contribution in [3.63, 3.8) is 0 Å². The highest BCUT2D eigenvalue weighted by atomic mass is 35.5. The van der Waals surface area contributed by atoms with E-state index >= 15 is 0 Å². The third-order valence-corrected chi connectivity index (χ3v) is 4.32. The van der Waals surface area contributed by atoms with Gasteiger partial charge in [0.25, 0.3) is 0 Å². The molecule has 0 spiro atoms.